The van der Waals surface area contributed by atoms with Gasteiger partial charge in [-0.05, 0) is 25.7 Å². The second-order valence-corrected chi connectivity index (χ2v) is 5.24. The van der Waals surface area contributed by atoms with Gasteiger partial charge in [-0.15, -0.1) is 0 Å². The third-order valence-electron chi connectivity index (χ3n) is 3.61. The molecule has 100 valence electrons. The van der Waals surface area contributed by atoms with Crippen molar-refractivity contribution in [3.63, 3.8) is 0 Å². The van der Waals surface area contributed by atoms with E-state index in [9.17, 15) is 4.79 Å². The van der Waals surface area contributed by atoms with E-state index >= 15 is 0 Å². The standard InChI is InChI=1S/C13H22N4O/c1-10(14)13(18)17-6-3-4-11(9-17)8-12-15-5-7-16(12)2/h5,7,10-11H,3-4,6,8-9,14H2,1-2H3/t10-,11?/m1/s1. The average Bonchev–Trinajstić information content (AvgIpc) is 2.74. The first-order valence-corrected chi connectivity index (χ1v) is 6.58. The Balaban J connectivity index is 1.95. The largest absolute Gasteiger partial charge is 0.341 e. The summed E-state index contributed by atoms with van der Waals surface area (Å²) >= 11 is 0. The normalized spacial score (nSPS) is 21.9. The molecule has 1 aromatic rings. The van der Waals surface area contributed by atoms with Crippen molar-refractivity contribution < 1.29 is 4.79 Å². The number of aryl methyl sites for hydroxylation is 1. The Morgan fingerprint density at radius 1 is 1.67 bits per heavy atom. The highest BCUT2D eigenvalue weighted by atomic mass is 16.2. The zero-order valence-corrected chi connectivity index (χ0v) is 11.2. The van der Waals surface area contributed by atoms with E-state index < -0.39 is 6.04 Å². The smallest absolute Gasteiger partial charge is 0.239 e. The van der Waals surface area contributed by atoms with Gasteiger partial charge in [-0.3, -0.25) is 4.79 Å². The minimum Gasteiger partial charge on any atom is -0.341 e. The lowest BCUT2D eigenvalue weighted by Gasteiger charge is -2.33. The maximum Gasteiger partial charge on any atom is 0.239 e. The molecule has 1 amide bonds. The fourth-order valence-corrected chi connectivity index (χ4v) is 2.57. The van der Waals surface area contributed by atoms with Gasteiger partial charge in [-0.2, -0.15) is 0 Å². The van der Waals surface area contributed by atoms with E-state index in [0.29, 0.717) is 5.92 Å². The first-order chi connectivity index (χ1) is 8.58. The van der Waals surface area contributed by atoms with Crippen molar-refractivity contribution in [1.82, 2.24) is 14.5 Å². The monoisotopic (exact) mass is 250 g/mol. The molecule has 5 nitrogen and oxygen atoms in total. The second-order valence-electron chi connectivity index (χ2n) is 5.24. The van der Waals surface area contributed by atoms with Crippen LogP contribution in [0.5, 0.6) is 0 Å². The van der Waals surface area contributed by atoms with Crippen LogP contribution in [-0.2, 0) is 18.3 Å². The van der Waals surface area contributed by atoms with Crippen LogP contribution in [0.2, 0.25) is 0 Å². The first-order valence-electron chi connectivity index (χ1n) is 6.58. The quantitative estimate of drug-likeness (QED) is 0.852. The van der Waals surface area contributed by atoms with Crippen LogP contribution in [0.1, 0.15) is 25.6 Å². The summed E-state index contributed by atoms with van der Waals surface area (Å²) < 4.78 is 2.05. The summed E-state index contributed by atoms with van der Waals surface area (Å²) in [6.07, 6.45) is 6.95. The van der Waals surface area contributed by atoms with Gasteiger partial charge in [0.2, 0.25) is 5.91 Å². The molecule has 5 heteroatoms. The predicted molar refractivity (Wildman–Crippen MR) is 69.9 cm³/mol. The lowest BCUT2D eigenvalue weighted by molar-refractivity contribution is -0.134. The number of amides is 1. The van der Waals surface area contributed by atoms with Crippen molar-refractivity contribution in [2.24, 2.45) is 18.7 Å². The van der Waals surface area contributed by atoms with Crippen molar-refractivity contribution in [2.75, 3.05) is 13.1 Å². The molecule has 2 N–H and O–H groups in total. The molecule has 18 heavy (non-hydrogen) atoms. The molecular weight excluding hydrogens is 228 g/mol. The molecule has 1 fully saturated rings. The number of likely N-dealkylation sites (tertiary alicyclic amines) is 1. The third kappa shape index (κ3) is 2.90. The van der Waals surface area contributed by atoms with Gasteiger partial charge in [-0.25, -0.2) is 4.98 Å². The van der Waals surface area contributed by atoms with E-state index in [-0.39, 0.29) is 5.91 Å². The number of imidazole rings is 1. The zero-order valence-electron chi connectivity index (χ0n) is 11.2. The number of carbonyl (C=O) groups excluding carboxylic acids is 1. The van der Waals surface area contributed by atoms with Crippen molar-refractivity contribution in [3.8, 4) is 0 Å². The lowest BCUT2D eigenvalue weighted by Crippen LogP contribution is -2.47. The van der Waals surface area contributed by atoms with Crippen LogP contribution in [0.4, 0.5) is 0 Å². The van der Waals surface area contributed by atoms with Gasteiger partial charge in [0, 0.05) is 39.0 Å². The predicted octanol–water partition coefficient (Wildman–Crippen LogP) is 0.548. The van der Waals surface area contributed by atoms with Gasteiger partial charge in [0.25, 0.3) is 0 Å². The summed E-state index contributed by atoms with van der Waals surface area (Å²) in [6.45, 7) is 3.41. The molecule has 2 heterocycles. The molecule has 0 aromatic carbocycles. The second kappa shape index (κ2) is 5.52. The van der Waals surface area contributed by atoms with E-state index in [2.05, 4.69) is 4.98 Å². The summed E-state index contributed by atoms with van der Waals surface area (Å²) in [5, 5.41) is 0. The highest BCUT2D eigenvalue weighted by Gasteiger charge is 2.26. The number of nitrogens with zero attached hydrogens (tertiary/aromatic N) is 3. The zero-order chi connectivity index (χ0) is 13.1. The van der Waals surface area contributed by atoms with Crippen molar-refractivity contribution in [2.45, 2.75) is 32.2 Å². The molecule has 0 saturated carbocycles. The number of nitrogens with two attached hydrogens (primary N) is 1. The maximum atomic E-state index is 11.9. The maximum absolute atomic E-state index is 11.9. The van der Waals surface area contributed by atoms with Gasteiger partial charge < -0.3 is 15.2 Å². The molecular formula is C13H22N4O. The van der Waals surface area contributed by atoms with E-state index in [1.54, 1.807) is 6.92 Å². The van der Waals surface area contributed by atoms with E-state index in [4.69, 9.17) is 5.73 Å². The highest BCUT2D eigenvalue weighted by molar-refractivity contribution is 5.81. The number of rotatable bonds is 3. The van der Waals surface area contributed by atoms with Crippen LogP contribution in [0, 0.1) is 5.92 Å². The minimum absolute atomic E-state index is 0.0690. The molecule has 1 aliphatic rings. The molecule has 0 radical (unpaired) electrons. The Labute approximate surface area is 108 Å². The molecule has 1 aromatic heterocycles. The lowest BCUT2D eigenvalue weighted by atomic mass is 9.94. The summed E-state index contributed by atoms with van der Waals surface area (Å²) in [5.74, 6) is 1.66. The fraction of sp³-hybridized carbons (Fsp3) is 0.692. The Kier molecular flexibility index (Phi) is 4.01. The molecule has 0 bridgehead atoms. The highest BCUT2D eigenvalue weighted by Crippen LogP contribution is 2.20. The van der Waals surface area contributed by atoms with Gasteiger partial charge in [0.1, 0.15) is 5.82 Å². The molecule has 1 unspecified atom stereocenters. The van der Waals surface area contributed by atoms with Crippen LogP contribution in [-0.4, -0.2) is 39.5 Å². The van der Waals surface area contributed by atoms with Crippen molar-refractivity contribution in [1.29, 1.82) is 0 Å². The Morgan fingerprint density at radius 3 is 3.06 bits per heavy atom. The SMILES string of the molecule is C[C@@H](N)C(=O)N1CCCC(Cc2nccn2C)C1. The number of carbonyl (C=O) groups is 1. The first kappa shape index (κ1) is 13.1. The molecule has 2 rings (SSSR count). The number of piperidine rings is 1. The van der Waals surface area contributed by atoms with Crippen LogP contribution >= 0.6 is 0 Å². The minimum atomic E-state index is -0.392. The molecule has 2 atom stereocenters. The summed E-state index contributed by atoms with van der Waals surface area (Å²) in [6, 6.07) is -0.392. The molecule has 1 aliphatic heterocycles. The Morgan fingerprint density at radius 2 is 2.44 bits per heavy atom. The Bertz CT molecular complexity index is 413. The molecule has 0 spiro atoms. The molecule has 0 aliphatic carbocycles. The third-order valence-corrected chi connectivity index (χ3v) is 3.61. The van der Waals surface area contributed by atoms with Gasteiger partial charge >= 0.3 is 0 Å². The van der Waals surface area contributed by atoms with E-state index in [0.717, 1.165) is 38.2 Å². The topological polar surface area (TPSA) is 64.2 Å². The van der Waals surface area contributed by atoms with Crippen LogP contribution in [0.15, 0.2) is 12.4 Å². The summed E-state index contributed by atoms with van der Waals surface area (Å²) in [5.41, 5.74) is 5.66. The van der Waals surface area contributed by atoms with Gasteiger partial charge in [0.05, 0.1) is 6.04 Å². The Hall–Kier alpha value is -1.36. The van der Waals surface area contributed by atoms with Gasteiger partial charge in [0.15, 0.2) is 0 Å². The van der Waals surface area contributed by atoms with E-state index in [1.807, 2.05) is 28.9 Å². The van der Waals surface area contributed by atoms with E-state index in [1.165, 1.54) is 0 Å². The fourth-order valence-electron chi connectivity index (χ4n) is 2.57. The molecule has 1 saturated heterocycles. The van der Waals surface area contributed by atoms with Crippen LogP contribution in [0.3, 0.4) is 0 Å². The number of hydrogen-bond acceptors (Lipinski definition) is 3. The summed E-state index contributed by atoms with van der Waals surface area (Å²) in [4.78, 5) is 18.1. The van der Waals surface area contributed by atoms with Crippen LogP contribution in [0.25, 0.3) is 0 Å². The van der Waals surface area contributed by atoms with Crippen molar-refractivity contribution in [3.05, 3.63) is 18.2 Å². The number of hydrogen-bond donors (Lipinski definition) is 1. The summed E-state index contributed by atoms with van der Waals surface area (Å²) in [7, 11) is 2.01. The van der Waals surface area contributed by atoms with Crippen molar-refractivity contribution >= 4 is 5.91 Å². The number of aromatic nitrogens is 2. The van der Waals surface area contributed by atoms with Gasteiger partial charge in [-0.1, -0.05) is 0 Å². The average molecular weight is 250 g/mol. The van der Waals surface area contributed by atoms with Crippen LogP contribution < -0.4 is 5.73 Å².